The topological polar surface area (TPSA) is 55.6 Å². The van der Waals surface area contributed by atoms with Crippen molar-refractivity contribution in [3.05, 3.63) is 42.2 Å². The van der Waals surface area contributed by atoms with Crippen molar-refractivity contribution in [3.8, 4) is 0 Å². The maximum absolute atomic E-state index is 11.4. The first kappa shape index (κ1) is 11.3. The fourth-order valence-electron chi connectivity index (χ4n) is 1.04. The van der Waals surface area contributed by atoms with Gasteiger partial charge in [-0.3, -0.25) is 4.79 Å². The van der Waals surface area contributed by atoms with Gasteiger partial charge in [-0.2, -0.15) is 0 Å². The number of nitrogens with zero attached hydrogens (tertiary/aromatic N) is 1. The molecule has 0 fully saturated rings. The molecular weight excluding hydrogens is 192 g/mol. The highest BCUT2D eigenvalue weighted by Gasteiger charge is 2.07. The van der Waals surface area contributed by atoms with Gasteiger partial charge < -0.3 is 4.74 Å². The Bertz CT molecular complexity index is 357. The van der Waals surface area contributed by atoms with Crippen molar-refractivity contribution >= 4 is 11.6 Å². The SMILES string of the molecule is COC=CC(=O)N(N)c1ccc(C)cc1. The Hall–Kier alpha value is -1.81. The van der Waals surface area contributed by atoms with Gasteiger partial charge in [-0.1, -0.05) is 17.7 Å². The second-order valence-electron chi connectivity index (χ2n) is 3.08. The summed E-state index contributed by atoms with van der Waals surface area (Å²) in [6, 6.07) is 7.35. The van der Waals surface area contributed by atoms with E-state index in [1.807, 2.05) is 19.1 Å². The van der Waals surface area contributed by atoms with E-state index >= 15 is 0 Å². The van der Waals surface area contributed by atoms with Crippen molar-refractivity contribution in [2.24, 2.45) is 5.84 Å². The number of hydrogen-bond donors (Lipinski definition) is 1. The third-order valence-electron chi connectivity index (χ3n) is 1.90. The molecule has 4 heteroatoms. The molecular formula is C11H14N2O2. The molecule has 0 unspecified atom stereocenters. The zero-order valence-corrected chi connectivity index (χ0v) is 8.81. The highest BCUT2D eigenvalue weighted by atomic mass is 16.5. The number of carbonyl (C=O) groups is 1. The fraction of sp³-hybridized carbons (Fsp3) is 0.182. The van der Waals surface area contributed by atoms with E-state index in [9.17, 15) is 4.79 Å². The molecule has 1 aromatic carbocycles. The van der Waals surface area contributed by atoms with Crippen LogP contribution in [0.3, 0.4) is 0 Å². The van der Waals surface area contributed by atoms with E-state index < -0.39 is 0 Å². The van der Waals surface area contributed by atoms with Crippen molar-refractivity contribution in [1.82, 2.24) is 0 Å². The molecule has 0 spiro atoms. The van der Waals surface area contributed by atoms with Gasteiger partial charge in [-0.25, -0.2) is 10.9 Å². The number of hydrazine groups is 1. The molecule has 80 valence electrons. The third-order valence-corrected chi connectivity index (χ3v) is 1.90. The largest absolute Gasteiger partial charge is 0.504 e. The molecule has 0 aliphatic heterocycles. The molecule has 0 aliphatic carbocycles. The monoisotopic (exact) mass is 206 g/mol. The lowest BCUT2D eigenvalue weighted by Crippen LogP contribution is -2.36. The van der Waals surface area contributed by atoms with Crippen LogP contribution >= 0.6 is 0 Å². The minimum Gasteiger partial charge on any atom is -0.504 e. The minimum atomic E-state index is -0.333. The van der Waals surface area contributed by atoms with Crippen LogP contribution in [-0.2, 0) is 9.53 Å². The van der Waals surface area contributed by atoms with Gasteiger partial charge in [0.05, 0.1) is 19.1 Å². The summed E-state index contributed by atoms with van der Waals surface area (Å²) in [6.45, 7) is 1.97. The maximum Gasteiger partial charge on any atom is 0.268 e. The summed E-state index contributed by atoms with van der Waals surface area (Å²) in [5.74, 6) is 5.27. The highest BCUT2D eigenvalue weighted by molar-refractivity contribution is 6.00. The van der Waals surface area contributed by atoms with E-state index in [-0.39, 0.29) is 5.91 Å². The highest BCUT2D eigenvalue weighted by Crippen LogP contribution is 2.12. The van der Waals surface area contributed by atoms with Crippen LogP contribution in [0.15, 0.2) is 36.6 Å². The molecule has 0 aliphatic rings. The van der Waals surface area contributed by atoms with Crippen LogP contribution in [0.2, 0.25) is 0 Å². The molecule has 2 N–H and O–H groups in total. The lowest BCUT2D eigenvalue weighted by Gasteiger charge is -2.14. The molecule has 0 saturated carbocycles. The molecule has 0 atom stereocenters. The number of amides is 1. The van der Waals surface area contributed by atoms with E-state index in [0.717, 1.165) is 10.6 Å². The molecule has 0 saturated heterocycles. The molecule has 4 nitrogen and oxygen atoms in total. The summed E-state index contributed by atoms with van der Waals surface area (Å²) in [7, 11) is 1.47. The van der Waals surface area contributed by atoms with E-state index in [1.165, 1.54) is 19.4 Å². The first-order valence-electron chi connectivity index (χ1n) is 4.50. The Kier molecular flexibility index (Phi) is 3.88. The Morgan fingerprint density at radius 1 is 1.40 bits per heavy atom. The van der Waals surface area contributed by atoms with Gasteiger partial charge in [-0.05, 0) is 19.1 Å². The van der Waals surface area contributed by atoms with Gasteiger partial charge >= 0.3 is 0 Å². The second-order valence-corrected chi connectivity index (χ2v) is 3.08. The predicted octanol–water partition coefficient (Wildman–Crippen LogP) is 1.36. The van der Waals surface area contributed by atoms with E-state index in [1.54, 1.807) is 12.1 Å². The number of anilines is 1. The van der Waals surface area contributed by atoms with Gasteiger partial charge in [0.15, 0.2) is 0 Å². The zero-order valence-electron chi connectivity index (χ0n) is 8.81. The van der Waals surface area contributed by atoms with Crippen LogP contribution in [0.25, 0.3) is 0 Å². The van der Waals surface area contributed by atoms with Crippen LogP contribution < -0.4 is 10.9 Å². The standard InChI is InChI=1S/C11H14N2O2/c1-9-3-5-10(6-4-9)13(12)11(14)7-8-15-2/h3-8H,12H2,1-2H3. The van der Waals surface area contributed by atoms with Gasteiger partial charge in [0.25, 0.3) is 5.91 Å². The van der Waals surface area contributed by atoms with E-state index in [4.69, 9.17) is 5.84 Å². The lowest BCUT2D eigenvalue weighted by molar-refractivity contribution is -0.114. The Labute approximate surface area is 88.9 Å². The molecule has 1 aromatic rings. The summed E-state index contributed by atoms with van der Waals surface area (Å²) in [5.41, 5.74) is 1.76. The molecule has 1 rings (SSSR count). The number of ether oxygens (including phenoxy) is 1. The first-order valence-corrected chi connectivity index (χ1v) is 4.50. The van der Waals surface area contributed by atoms with E-state index in [0.29, 0.717) is 5.69 Å². The van der Waals surface area contributed by atoms with Crippen LogP contribution in [0.1, 0.15) is 5.56 Å². The molecule has 0 bridgehead atoms. The molecule has 1 amide bonds. The van der Waals surface area contributed by atoms with Crippen molar-refractivity contribution in [1.29, 1.82) is 0 Å². The lowest BCUT2D eigenvalue weighted by atomic mass is 10.2. The van der Waals surface area contributed by atoms with Gasteiger partial charge in [0.1, 0.15) is 0 Å². The Morgan fingerprint density at radius 3 is 2.53 bits per heavy atom. The minimum absolute atomic E-state index is 0.333. The average molecular weight is 206 g/mol. The van der Waals surface area contributed by atoms with Crippen molar-refractivity contribution in [2.75, 3.05) is 12.1 Å². The number of benzene rings is 1. The Balaban J connectivity index is 2.76. The normalized spacial score (nSPS) is 10.3. The summed E-state index contributed by atoms with van der Waals surface area (Å²) < 4.78 is 4.63. The molecule has 0 heterocycles. The van der Waals surface area contributed by atoms with Crippen LogP contribution in [0.5, 0.6) is 0 Å². The molecule has 15 heavy (non-hydrogen) atoms. The zero-order chi connectivity index (χ0) is 11.3. The third kappa shape index (κ3) is 3.11. The second kappa shape index (κ2) is 5.17. The number of rotatable bonds is 3. The van der Waals surface area contributed by atoms with Crippen molar-refractivity contribution in [3.63, 3.8) is 0 Å². The van der Waals surface area contributed by atoms with Crippen molar-refractivity contribution < 1.29 is 9.53 Å². The number of aryl methyl sites for hydroxylation is 1. The van der Waals surface area contributed by atoms with Crippen LogP contribution in [0, 0.1) is 6.92 Å². The van der Waals surface area contributed by atoms with E-state index in [2.05, 4.69) is 4.74 Å². The smallest absolute Gasteiger partial charge is 0.268 e. The maximum atomic E-state index is 11.4. The van der Waals surface area contributed by atoms with Gasteiger partial charge in [0, 0.05) is 6.08 Å². The molecule has 0 radical (unpaired) electrons. The van der Waals surface area contributed by atoms with Crippen molar-refractivity contribution in [2.45, 2.75) is 6.92 Å². The number of carbonyl (C=O) groups excluding carboxylic acids is 1. The predicted molar refractivity (Wildman–Crippen MR) is 59.0 cm³/mol. The molecule has 0 aromatic heterocycles. The average Bonchev–Trinajstić information content (AvgIpc) is 2.26. The summed E-state index contributed by atoms with van der Waals surface area (Å²) in [4.78, 5) is 11.4. The van der Waals surface area contributed by atoms with Gasteiger partial charge in [0.2, 0.25) is 0 Å². The quantitative estimate of drug-likeness (QED) is 0.267. The Morgan fingerprint density at radius 2 is 2.00 bits per heavy atom. The summed E-state index contributed by atoms with van der Waals surface area (Å²) in [6.07, 6.45) is 2.55. The fourth-order valence-corrected chi connectivity index (χ4v) is 1.04. The number of nitrogens with two attached hydrogens (primary N) is 1. The first-order chi connectivity index (χ1) is 7.15. The van der Waals surface area contributed by atoms with Gasteiger partial charge in [-0.15, -0.1) is 0 Å². The summed E-state index contributed by atoms with van der Waals surface area (Å²) in [5, 5.41) is 1.06. The van der Waals surface area contributed by atoms with Crippen LogP contribution in [0.4, 0.5) is 5.69 Å². The number of methoxy groups -OCH3 is 1. The van der Waals surface area contributed by atoms with Crippen LogP contribution in [-0.4, -0.2) is 13.0 Å². The number of hydrogen-bond acceptors (Lipinski definition) is 3. The summed E-state index contributed by atoms with van der Waals surface area (Å²) >= 11 is 0.